The maximum Gasteiger partial charge on any atom is 0.300 e. The molecule has 5 rings (SSSR count). The first-order valence-corrected chi connectivity index (χ1v) is 13.3. The zero-order valence-corrected chi connectivity index (χ0v) is 22.8. The molecule has 0 radical (unpaired) electrons. The van der Waals surface area contributed by atoms with Crippen LogP contribution in [0.1, 0.15) is 56.8 Å². The quantitative estimate of drug-likeness (QED) is 0.162. The highest BCUT2D eigenvalue weighted by Crippen LogP contribution is 2.44. The number of anilines is 1. The van der Waals surface area contributed by atoms with Crippen LogP contribution in [0.2, 0.25) is 0 Å². The topological polar surface area (TPSA) is 66.8 Å². The molecule has 1 amide bonds. The third kappa shape index (κ3) is 4.92. The second-order valence-corrected chi connectivity index (χ2v) is 10.9. The summed E-state index contributed by atoms with van der Waals surface area (Å²) in [5.41, 5.74) is 2.97. The molecule has 0 spiro atoms. The number of rotatable bonds is 6. The number of aliphatic hydroxyl groups excluding tert-OH is 1. The molecule has 198 valence electrons. The number of nitrogens with zero attached hydrogens (tertiary/aromatic N) is 1. The molecule has 0 aromatic heterocycles. The summed E-state index contributed by atoms with van der Waals surface area (Å²) in [6.07, 6.45) is 0.882. The molecular formula is C34H33NO4. The average Bonchev–Trinajstić information content (AvgIpc) is 3.21. The van der Waals surface area contributed by atoms with Crippen molar-refractivity contribution in [1.82, 2.24) is 0 Å². The molecule has 39 heavy (non-hydrogen) atoms. The summed E-state index contributed by atoms with van der Waals surface area (Å²) in [6, 6.07) is 27.6. The number of ether oxygens (including phenoxy) is 1. The van der Waals surface area contributed by atoms with Crippen LogP contribution >= 0.6 is 0 Å². The van der Waals surface area contributed by atoms with Gasteiger partial charge in [-0.05, 0) is 58.7 Å². The van der Waals surface area contributed by atoms with Gasteiger partial charge in [-0.2, -0.15) is 0 Å². The van der Waals surface area contributed by atoms with Crippen molar-refractivity contribution in [3.8, 4) is 5.75 Å². The third-order valence-corrected chi connectivity index (χ3v) is 7.16. The molecule has 1 unspecified atom stereocenters. The number of hydrogen-bond acceptors (Lipinski definition) is 4. The van der Waals surface area contributed by atoms with Gasteiger partial charge in [-0.3, -0.25) is 14.5 Å². The van der Waals surface area contributed by atoms with E-state index in [1.165, 1.54) is 4.90 Å². The van der Waals surface area contributed by atoms with Crippen molar-refractivity contribution in [2.75, 3.05) is 11.5 Å². The first-order valence-electron chi connectivity index (χ1n) is 13.3. The van der Waals surface area contributed by atoms with Crippen molar-refractivity contribution < 1.29 is 19.4 Å². The number of hydrogen-bond donors (Lipinski definition) is 1. The summed E-state index contributed by atoms with van der Waals surface area (Å²) in [6.45, 7) is 9.03. The number of benzene rings is 4. The number of carbonyl (C=O) groups excluding carboxylic acids is 2. The van der Waals surface area contributed by atoms with Crippen molar-refractivity contribution in [3.05, 3.63) is 113 Å². The van der Waals surface area contributed by atoms with Gasteiger partial charge < -0.3 is 9.84 Å². The molecule has 1 saturated heterocycles. The standard InChI is InChI=1S/C34H33NO4/c1-5-21-39-26-19-15-24(16-20-26)31(36)29-30(23-13-17-25(18-14-23)34(2,3)4)35(33(38)32(29)37)28-12-8-10-22-9-6-7-11-27(22)28/h6-20,30,36H,5,21H2,1-4H3/b31-29+. The van der Waals surface area contributed by atoms with Crippen LogP contribution in [0.25, 0.3) is 16.5 Å². The van der Waals surface area contributed by atoms with Crippen molar-refractivity contribution in [2.45, 2.75) is 45.6 Å². The van der Waals surface area contributed by atoms with Crippen LogP contribution in [0.3, 0.4) is 0 Å². The lowest BCUT2D eigenvalue weighted by Crippen LogP contribution is -2.29. The van der Waals surface area contributed by atoms with Gasteiger partial charge in [0.15, 0.2) is 0 Å². The fourth-order valence-electron chi connectivity index (χ4n) is 5.06. The number of Topliss-reactive ketones (excluding diaryl/α,β-unsaturated/α-hetero) is 1. The first-order chi connectivity index (χ1) is 18.7. The van der Waals surface area contributed by atoms with Gasteiger partial charge in [0.05, 0.1) is 23.9 Å². The van der Waals surface area contributed by atoms with E-state index in [2.05, 4.69) is 20.8 Å². The Morgan fingerprint density at radius 2 is 1.54 bits per heavy atom. The number of carbonyl (C=O) groups is 2. The summed E-state index contributed by atoms with van der Waals surface area (Å²) in [5.74, 6) is -0.903. The van der Waals surface area contributed by atoms with Crippen LogP contribution < -0.4 is 9.64 Å². The summed E-state index contributed by atoms with van der Waals surface area (Å²) in [4.78, 5) is 28.8. The molecule has 1 heterocycles. The van der Waals surface area contributed by atoms with Gasteiger partial charge in [0, 0.05) is 10.9 Å². The van der Waals surface area contributed by atoms with Crippen molar-refractivity contribution in [1.29, 1.82) is 0 Å². The van der Waals surface area contributed by atoms with Crippen LogP contribution in [-0.4, -0.2) is 23.4 Å². The maximum absolute atomic E-state index is 13.7. The van der Waals surface area contributed by atoms with Crippen molar-refractivity contribution in [2.24, 2.45) is 0 Å². The summed E-state index contributed by atoms with van der Waals surface area (Å²) in [7, 11) is 0. The normalized spacial score (nSPS) is 17.1. The number of ketones is 1. The number of fused-ring (bicyclic) bond motifs is 1. The van der Waals surface area contributed by atoms with Gasteiger partial charge in [0.25, 0.3) is 11.7 Å². The van der Waals surface area contributed by atoms with Crippen LogP contribution in [-0.2, 0) is 15.0 Å². The van der Waals surface area contributed by atoms with Gasteiger partial charge >= 0.3 is 0 Å². The minimum atomic E-state index is -0.791. The predicted molar refractivity (Wildman–Crippen MR) is 156 cm³/mol. The molecule has 0 saturated carbocycles. The molecule has 1 N–H and O–H groups in total. The van der Waals surface area contributed by atoms with Crippen molar-refractivity contribution in [3.63, 3.8) is 0 Å². The second kappa shape index (κ2) is 10.4. The van der Waals surface area contributed by atoms with Gasteiger partial charge in [-0.1, -0.05) is 88.4 Å². The van der Waals surface area contributed by atoms with E-state index in [4.69, 9.17) is 4.74 Å². The van der Waals surface area contributed by atoms with E-state index in [-0.39, 0.29) is 16.7 Å². The monoisotopic (exact) mass is 519 g/mol. The lowest BCUT2D eigenvalue weighted by atomic mass is 9.85. The third-order valence-electron chi connectivity index (χ3n) is 7.16. The lowest BCUT2D eigenvalue weighted by Gasteiger charge is -2.27. The van der Waals surface area contributed by atoms with Gasteiger partial charge in [-0.25, -0.2) is 0 Å². The molecule has 0 aliphatic carbocycles. The molecule has 5 heteroatoms. The molecule has 4 aromatic rings. The molecular weight excluding hydrogens is 486 g/mol. The molecule has 0 bridgehead atoms. The van der Waals surface area contributed by atoms with E-state index in [1.54, 1.807) is 24.3 Å². The highest BCUT2D eigenvalue weighted by molar-refractivity contribution is 6.52. The largest absolute Gasteiger partial charge is 0.507 e. The Bertz CT molecular complexity index is 1550. The molecule has 4 aromatic carbocycles. The number of aliphatic hydroxyl groups is 1. The second-order valence-electron chi connectivity index (χ2n) is 10.9. The van der Waals surface area contributed by atoms with Crippen LogP contribution in [0, 0.1) is 0 Å². The zero-order valence-electron chi connectivity index (χ0n) is 22.8. The summed E-state index contributed by atoms with van der Waals surface area (Å²) in [5, 5.41) is 13.3. The van der Waals surface area contributed by atoms with E-state index in [9.17, 15) is 14.7 Å². The fourth-order valence-corrected chi connectivity index (χ4v) is 5.06. The Balaban J connectivity index is 1.69. The summed E-state index contributed by atoms with van der Waals surface area (Å²) < 4.78 is 5.67. The van der Waals surface area contributed by atoms with E-state index >= 15 is 0 Å². The van der Waals surface area contributed by atoms with Gasteiger partial charge in [-0.15, -0.1) is 0 Å². The fraction of sp³-hybridized carbons (Fsp3) is 0.235. The SMILES string of the molecule is CCCOc1ccc(/C(O)=C2\C(=O)C(=O)N(c3cccc4ccccc34)C2c2ccc(C(C)(C)C)cc2)cc1. The lowest BCUT2D eigenvalue weighted by molar-refractivity contribution is -0.132. The average molecular weight is 520 g/mol. The number of amides is 1. The van der Waals surface area contributed by atoms with Crippen LogP contribution in [0.15, 0.2) is 96.6 Å². The first kappa shape index (κ1) is 26.2. The Morgan fingerprint density at radius 3 is 2.21 bits per heavy atom. The van der Waals surface area contributed by atoms with E-state index < -0.39 is 17.7 Å². The Hall–Kier alpha value is -4.38. The smallest absolute Gasteiger partial charge is 0.300 e. The highest BCUT2D eigenvalue weighted by Gasteiger charge is 2.47. The Kier molecular flexibility index (Phi) is 7.00. The minimum absolute atomic E-state index is 0.0580. The zero-order chi connectivity index (χ0) is 27.7. The predicted octanol–water partition coefficient (Wildman–Crippen LogP) is 7.55. The van der Waals surface area contributed by atoms with E-state index in [0.29, 0.717) is 23.6 Å². The molecule has 1 aliphatic heterocycles. The van der Waals surface area contributed by atoms with Gasteiger partial charge in [0.1, 0.15) is 11.5 Å². The highest BCUT2D eigenvalue weighted by atomic mass is 16.5. The van der Waals surface area contributed by atoms with Crippen LogP contribution in [0.4, 0.5) is 5.69 Å². The molecule has 1 atom stereocenters. The summed E-state index contributed by atoms with van der Waals surface area (Å²) >= 11 is 0. The van der Waals surface area contributed by atoms with Crippen molar-refractivity contribution >= 4 is 33.9 Å². The Labute approximate surface area is 229 Å². The molecule has 5 nitrogen and oxygen atoms in total. The van der Waals surface area contributed by atoms with E-state index in [1.807, 2.05) is 73.7 Å². The van der Waals surface area contributed by atoms with Crippen LogP contribution in [0.5, 0.6) is 5.75 Å². The maximum atomic E-state index is 13.7. The molecule has 1 aliphatic rings. The van der Waals surface area contributed by atoms with E-state index in [0.717, 1.165) is 28.3 Å². The minimum Gasteiger partial charge on any atom is -0.507 e. The Morgan fingerprint density at radius 1 is 0.872 bits per heavy atom. The van der Waals surface area contributed by atoms with Gasteiger partial charge in [0.2, 0.25) is 0 Å². The molecule has 1 fully saturated rings.